The van der Waals surface area contributed by atoms with E-state index in [1.54, 1.807) is 61.8 Å². The lowest BCUT2D eigenvalue weighted by atomic mass is 10.1. The van der Waals surface area contributed by atoms with E-state index in [4.69, 9.17) is 18.9 Å². The lowest BCUT2D eigenvalue weighted by Gasteiger charge is -2.33. The van der Waals surface area contributed by atoms with Crippen molar-refractivity contribution in [2.24, 2.45) is 7.05 Å². The molecule has 1 aliphatic rings. The molecule has 1 fully saturated rings. The first-order valence-corrected chi connectivity index (χ1v) is 33.9. The SMILES string of the molecule is Cc1cc(OCCCC(=O)NCCCOCCOCCOCCCNC(=O)C(CS(=O)(=O)O)NC(=O)CN2CCN(CC(=O)O)CCN(CC(=O)O)CCN(CC(=O)O)CC2)cc(C)c1S(=O)(=O)NC(CNC(=O)c1cn(C)c2cc(CNc3ncc[nH]3)ccc2c1=O)C(=O)O. The predicted molar refractivity (Wildman–Crippen MR) is 345 cm³/mol. The Morgan fingerprint density at radius 1 is 0.656 bits per heavy atom. The second kappa shape index (κ2) is 39.7. The number of amides is 4. The molecule has 1 aliphatic heterocycles. The van der Waals surface area contributed by atoms with Crippen LogP contribution in [-0.4, -0.2) is 286 Å². The fourth-order valence-electron chi connectivity index (χ4n) is 10.1. The van der Waals surface area contributed by atoms with Crippen LogP contribution in [0.25, 0.3) is 10.9 Å². The summed E-state index contributed by atoms with van der Waals surface area (Å²) in [6.07, 6.45) is 5.85. The van der Waals surface area contributed by atoms with Crippen LogP contribution in [-0.2, 0) is 81.5 Å². The first kappa shape index (κ1) is 78.5. The second-order valence-electron chi connectivity index (χ2n) is 22.5. The van der Waals surface area contributed by atoms with Gasteiger partial charge in [0, 0.05) is 129 Å². The number of carbonyl (C=O) groups is 8. The Labute approximate surface area is 554 Å². The molecule has 2 unspecified atom stereocenters. The van der Waals surface area contributed by atoms with Gasteiger partial charge >= 0.3 is 23.9 Å². The molecule has 12 N–H and O–H groups in total. The number of ether oxygens (including phenoxy) is 4. The molecule has 3 heterocycles. The molecule has 4 amide bonds. The van der Waals surface area contributed by atoms with E-state index in [0.29, 0.717) is 49.8 Å². The summed E-state index contributed by atoms with van der Waals surface area (Å²) in [6, 6.07) is 4.51. The van der Waals surface area contributed by atoms with Crippen molar-refractivity contribution in [3.05, 3.63) is 81.4 Å². The largest absolute Gasteiger partial charge is 0.494 e. The number of nitrogens with zero attached hydrogens (tertiary/aromatic N) is 6. The molecule has 0 radical (unpaired) electrons. The summed E-state index contributed by atoms with van der Waals surface area (Å²) in [6.45, 7) is 4.08. The van der Waals surface area contributed by atoms with Crippen molar-refractivity contribution in [3.63, 3.8) is 0 Å². The quantitative estimate of drug-likeness (QED) is 0.0165. The van der Waals surface area contributed by atoms with Crippen LogP contribution in [0.5, 0.6) is 5.75 Å². The summed E-state index contributed by atoms with van der Waals surface area (Å²) in [4.78, 5) is 126. The van der Waals surface area contributed by atoms with Gasteiger partial charge in [0.25, 0.3) is 16.0 Å². The molecule has 2 aromatic heterocycles. The van der Waals surface area contributed by atoms with E-state index >= 15 is 0 Å². The highest BCUT2D eigenvalue weighted by molar-refractivity contribution is 7.89. The van der Waals surface area contributed by atoms with Gasteiger partial charge in [-0.05, 0) is 74.1 Å². The highest BCUT2D eigenvalue weighted by Crippen LogP contribution is 2.26. The number of aromatic amines is 1. The van der Waals surface area contributed by atoms with Crippen LogP contribution in [0.15, 0.2) is 58.6 Å². The molecule has 2 atom stereocenters. The van der Waals surface area contributed by atoms with Crippen LogP contribution in [0.4, 0.5) is 5.95 Å². The highest BCUT2D eigenvalue weighted by Gasteiger charge is 2.31. The molecule has 5 rings (SSSR count). The Morgan fingerprint density at radius 3 is 1.70 bits per heavy atom. The van der Waals surface area contributed by atoms with Gasteiger partial charge < -0.3 is 75.5 Å². The third-order valence-electron chi connectivity index (χ3n) is 14.7. The van der Waals surface area contributed by atoms with Crippen molar-refractivity contribution in [1.82, 2.24) is 60.1 Å². The number of rotatable bonds is 41. The molecule has 35 nitrogen and oxygen atoms in total. The normalized spacial score (nSPS) is 14.8. The van der Waals surface area contributed by atoms with Gasteiger partial charge in [-0.3, -0.25) is 67.3 Å². The van der Waals surface area contributed by atoms with Crippen molar-refractivity contribution < 1.29 is 99.1 Å². The lowest BCUT2D eigenvalue weighted by Crippen LogP contribution is -2.54. The molecule has 532 valence electrons. The number of hydrogen-bond donors (Lipinski definition) is 12. The maximum Gasteiger partial charge on any atom is 0.323 e. The van der Waals surface area contributed by atoms with E-state index in [1.165, 1.54) is 32.2 Å². The Kier molecular flexibility index (Phi) is 32.5. The van der Waals surface area contributed by atoms with E-state index in [2.05, 4.69) is 41.3 Å². The number of aryl methyl sites for hydroxylation is 3. The summed E-state index contributed by atoms with van der Waals surface area (Å²) in [5, 5.41) is 51.7. The van der Waals surface area contributed by atoms with Crippen LogP contribution in [0, 0.1) is 13.8 Å². The topological polar surface area (TPSA) is 479 Å². The number of sulfonamides is 1. The van der Waals surface area contributed by atoms with E-state index in [1.807, 2.05) is 0 Å². The Morgan fingerprint density at radius 2 is 1.19 bits per heavy atom. The van der Waals surface area contributed by atoms with E-state index in [0.717, 1.165) is 5.56 Å². The average molecular weight is 1390 g/mol. The van der Waals surface area contributed by atoms with Gasteiger partial charge in [-0.15, -0.1) is 0 Å². The molecule has 96 heavy (non-hydrogen) atoms. The molecule has 0 bridgehead atoms. The van der Waals surface area contributed by atoms with Crippen molar-refractivity contribution in [2.45, 2.75) is 63.1 Å². The number of imidazole rings is 1. The number of anilines is 1. The summed E-state index contributed by atoms with van der Waals surface area (Å²) < 4.78 is 86.8. The highest BCUT2D eigenvalue weighted by atomic mass is 32.2. The minimum absolute atomic E-state index is 0.00840. The van der Waals surface area contributed by atoms with E-state index < -0.39 is 111 Å². The van der Waals surface area contributed by atoms with Gasteiger partial charge in [0.05, 0.1) is 69.6 Å². The molecule has 4 aromatic rings. The van der Waals surface area contributed by atoms with Crippen LogP contribution < -0.4 is 41.5 Å². The maximum atomic E-state index is 13.6. The molecule has 37 heteroatoms. The van der Waals surface area contributed by atoms with Gasteiger partial charge in [0.1, 0.15) is 29.1 Å². The zero-order valence-corrected chi connectivity index (χ0v) is 55.4. The minimum atomic E-state index is -4.77. The molecule has 0 aliphatic carbocycles. The third-order valence-corrected chi connectivity index (χ3v) is 17.3. The van der Waals surface area contributed by atoms with Crippen molar-refractivity contribution in [2.75, 3.05) is 155 Å². The average Bonchev–Trinajstić information content (AvgIpc) is 0.850. The monoisotopic (exact) mass is 1390 g/mol. The number of hydrogen-bond acceptors (Lipinski definition) is 23. The van der Waals surface area contributed by atoms with Crippen LogP contribution in [0.3, 0.4) is 0 Å². The number of carboxylic acids is 4. The predicted octanol–water partition coefficient (Wildman–Crippen LogP) is -2.28. The molecular weight excluding hydrogens is 1310 g/mol. The van der Waals surface area contributed by atoms with Crippen LogP contribution >= 0.6 is 0 Å². The van der Waals surface area contributed by atoms with Crippen molar-refractivity contribution >= 4 is 84.5 Å². The van der Waals surface area contributed by atoms with Gasteiger partial charge in [-0.1, -0.05) is 6.07 Å². The number of aromatic nitrogens is 3. The smallest absolute Gasteiger partial charge is 0.323 e. The minimum Gasteiger partial charge on any atom is -0.494 e. The van der Waals surface area contributed by atoms with Crippen molar-refractivity contribution in [1.29, 1.82) is 0 Å². The first-order valence-electron chi connectivity index (χ1n) is 30.8. The van der Waals surface area contributed by atoms with Gasteiger partial charge in [-0.25, -0.2) is 13.4 Å². The zero-order chi connectivity index (χ0) is 70.4. The Bertz CT molecular complexity index is 3510. The molecule has 2 aromatic carbocycles. The summed E-state index contributed by atoms with van der Waals surface area (Å²) >= 11 is 0. The summed E-state index contributed by atoms with van der Waals surface area (Å²) in [5.41, 5.74) is 0.988. The number of carbonyl (C=O) groups excluding carboxylic acids is 4. The van der Waals surface area contributed by atoms with Crippen molar-refractivity contribution in [3.8, 4) is 5.75 Å². The summed E-state index contributed by atoms with van der Waals surface area (Å²) in [5.74, 6) is -8.06. The molecular formula is C59H87N13O22S2. The second-order valence-corrected chi connectivity index (χ2v) is 25.7. The van der Waals surface area contributed by atoms with Crippen LogP contribution in [0.2, 0.25) is 0 Å². The molecule has 0 saturated carbocycles. The standard InChI is InChI=1S/C59H87N13O22S2/c1-40-29-43(30-41(2)55(40)96(89,90)67-46(58(84)85)33-64-56(82)45-34-68(3)48-31-42(8-9-44(48)54(45)81)32-65-59-62-12-13-63-59)94-24-4-7-49(73)60-10-5-22-91-25-27-93-28-26-92-23-6-11-61-57(83)47(39-95(86,87)88)66-50(74)35-69-14-16-70(36-51(75)76)18-20-72(38-53(79)80)21-19-71(17-15-69)37-52(77)78/h8-9,12-13,29-31,34,46-47,67H,4-7,10-11,14-28,32-33,35-39H2,1-3H3,(H,60,73)(H,61,83)(H,64,82)(H,66,74)(H,75,76)(H,77,78)(H,79,80)(H,84,85)(H2,62,63,65)(H,86,87,88). The number of aliphatic carboxylic acids is 4. The Hall–Kier alpha value is -8.24. The lowest BCUT2D eigenvalue weighted by molar-refractivity contribution is -0.140. The fourth-order valence-corrected chi connectivity index (χ4v) is 12.4. The molecule has 0 spiro atoms. The third kappa shape index (κ3) is 28.6. The maximum absolute atomic E-state index is 13.6. The van der Waals surface area contributed by atoms with E-state index in [-0.39, 0.29) is 151 Å². The number of H-pyrrole nitrogens is 1. The zero-order valence-electron chi connectivity index (χ0n) is 53.7. The number of nitrogens with one attached hydrogen (secondary N) is 7. The number of carboxylic acid groups (broad SMARTS) is 4. The van der Waals surface area contributed by atoms with Crippen LogP contribution in [0.1, 0.15) is 52.7 Å². The van der Waals surface area contributed by atoms with E-state index in [9.17, 15) is 85.0 Å². The summed E-state index contributed by atoms with van der Waals surface area (Å²) in [7, 11) is -7.61. The first-order chi connectivity index (χ1) is 45.6. The van der Waals surface area contributed by atoms with Gasteiger partial charge in [0.15, 0.2) is 5.95 Å². The number of fused-ring (bicyclic) bond motifs is 1. The van der Waals surface area contributed by atoms with Gasteiger partial charge in [0.2, 0.25) is 33.2 Å². The molecule has 1 saturated heterocycles. The fraction of sp³-hybridized carbons (Fsp3) is 0.559. The number of pyridine rings is 1. The Balaban J connectivity index is 0.916. The van der Waals surface area contributed by atoms with Gasteiger partial charge in [-0.2, -0.15) is 13.1 Å². The number of benzene rings is 2.